The van der Waals surface area contributed by atoms with Crippen molar-refractivity contribution in [3.8, 4) is 0 Å². The number of nitrogens with zero attached hydrogens (tertiary/aromatic N) is 2. The fraction of sp³-hybridized carbons (Fsp3) is 0.476. The molecule has 3 amide bonds. The van der Waals surface area contributed by atoms with E-state index in [0.717, 1.165) is 16.3 Å². The molecule has 1 atom stereocenters. The van der Waals surface area contributed by atoms with E-state index >= 15 is 0 Å². The molecule has 2 N–H and O–H groups in total. The monoisotopic (exact) mass is 416 g/mol. The summed E-state index contributed by atoms with van der Waals surface area (Å²) in [5.41, 5.74) is 1.74. The number of carbonyl (C=O) groups excluding carboxylic acids is 2. The Morgan fingerprint density at radius 3 is 2.55 bits per heavy atom. The number of ether oxygens (including phenoxy) is 1. The molecule has 0 radical (unpaired) electrons. The average Bonchev–Trinajstić information content (AvgIpc) is 3.23. The van der Waals surface area contributed by atoms with E-state index in [1.807, 2.05) is 40.6 Å². The Bertz CT molecular complexity index is 803. The Morgan fingerprint density at radius 1 is 1.17 bits per heavy atom. The number of rotatable bonds is 7. The van der Waals surface area contributed by atoms with Crippen molar-refractivity contribution in [3.63, 3.8) is 0 Å². The van der Waals surface area contributed by atoms with Gasteiger partial charge in [0.25, 0.3) is 0 Å². The smallest absolute Gasteiger partial charge is 0.315 e. The van der Waals surface area contributed by atoms with Crippen LogP contribution < -0.4 is 10.6 Å². The minimum Gasteiger partial charge on any atom is -0.378 e. The minimum atomic E-state index is -0.424. The zero-order chi connectivity index (χ0) is 20.6. The van der Waals surface area contributed by atoms with Crippen LogP contribution in [0.3, 0.4) is 0 Å². The van der Waals surface area contributed by atoms with Gasteiger partial charge < -0.3 is 20.3 Å². The number of amides is 3. The first-order valence-electron chi connectivity index (χ1n) is 9.92. The average molecular weight is 417 g/mol. The van der Waals surface area contributed by atoms with Crippen LogP contribution in [-0.2, 0) is 16.1 Å². The number of morpholine rings is 1. The molecular weight excluding hydrogens is 388 g/mol. The summed E-state index contributed by atoms with van der Waals surface area (Å²) >= 11 is 1.60. The number of thiazole rings is 1. The number of urea groups is 1. The predicted octanol–water partition coefficient (Wildman–Crippen LogP) is 2.71. The summed E-state index contributed by atoms with van der Waals surface area (Å²) < 4.78 is 5.35. The van der Waals surface area contributed by atoms with Crippen LogP contribution in [0.4, 0.5) is 4.79 Å². The van der Waals surface area contributed by atoms with Crippen LogP contribution in [-0.4, -0.2) is 54.7 Å². The number of hydrogen-bond donors (Lipinski definition) is 2. The molecule has 1 aromatic carbocycles. The summed E-state index contributed by atoms with van der Waals surface area (Å²) in [6.07, 6.45) is 0. The van der Waals surface area contributed by atoms with Gasteiger partial charge in [-0.05, 0) is 5.56 Å². The van der Waals surface area contributed by atoms with Crippen molar-refractivity contribution in [1.29, 1.82) is 0 Å². The minimum absolute atomic E-state index is 0.0147. The molecule has 156 valence electrons. The molecule has 1 aliphatic heterocycles. The lowest BCUT2D eigenvalue weighted by atomic mass is 9.97. The predicted molar refractivity (Wildman–Crippen MR) is 113 cm³/mol. The van der Waals surface area contributed by atoms with Crippen LogP contribution in [0.2, 0.25) is 0 Å². The Morgan fingerprint density at radius 2 is 1.90 bits per heavy atom. The van der Waals surface area contributed by atoms with Gasteiger partial charge in [0.05, 0.1) is 36.4 Å². The maximum atomic E-state index is 13.0. The lowest BCUT2D eigenvalue weighted by Gasteiger charge is -2.30. The number of nitrogens with one attached hydrogen (secondary N) is 2. The van der Waals surface area contributed by atoms with E-state index in [0.29, 0.717) is 38.8 Å². The molecule has 29 heavy (non-hydrogen) atoms. The molecule has 1 aromatic heterocycles. The second kappa shape index (κ2) is 10.4. The topological polar surface area (TPSA) is 83.6 Å². The Hall–Kier alpha value is -2.45. The van der Waals surface area contributed by atoms with E-state index in [9.17, 15) is 9.59 Å². The molecule has 1 aliphatic rings. The molecule has 0 saturated carbocycles. The summed E-state index contributed by atoms with van der Waals surface area (Å²) in [5.74, 6) is -0.0341. The molecule has 0 spiro atoms. The van der Waals surface area contributed by atoms with Crippen molar-refractivity contribution < 1.29 is 14.3 Å². The van der Waals surface area contributed by atoms with Gasteiger partial charge in [-0.15, -0.1) is 11.3 Å². The van der Waals surface area contributed by atoms with Crippen molar-refractivity contribution in [3.05, 3.63) is 52.0 Å². The zero-order valence-electron chi connectivity index (χ0n) is 16.9. The van der Waals surface area contributed by atoms with Crippen molar-refractivity contribution in [2.75, 3.05) is 32.8 Å². The quantitative estimate of drug-likeness (QED) is 0.727. The third-order valence-electron chi connectivity index (χ3n) is 4.78. The van der Waals surface area contributed by atoms with Crippen LogP contribution in [0.25, 0.3) is 0 Å². The summed E-state index contributed by atoms with van der Waals surface area (Å²) in [4.78, 5) is 31.7. The Kier molecular flexibility index (Phi) is 7.60. The second-order valence-corrected chi connectivity index (χ2v) is 8.19. The van der Waals surface area contributed by atoms with Crippen LogP contribution >= 0.6 is 11.3 Å². The van der Waals surface area contributed by atoms with Gasteiger partial charge in [-0.2, -0.15) is 0 Å². The standard InChI is InChI=1S/C21H28N4O3S/c1-15(2)19-24-17(14-29-19)12-22-21(27)23-13-18(16-6-4-3-5-7-16)20(26)25-8-10-28-11-9-25/h3-7,14-15,18H,8-13H2,1-2H3,(H2,22,23,27). The van der Waals surface area contributed by atoms with Crippen LogP contribution in [0, 0.1) is 0 Å². The summed E-state index contributed by atoms with van der Waals surface area (Å²) in [6.45, 7) is 7.05. The molecule has 1 saturated heterocycles. The van der Waals surface area contributed by atoms with E-state index in [1.54, 1.807) is 11.3 Å². The van der Waals surface area contributed by atoms with Crippen LogP contribution in [0.15, 0.2) is 35.7 Å². The summed E-state index contributed by atoms with van der Waals surface area (Å²) in [6, 6.07) is 9.27. The third-order valence-corrected chi connectivity index (χ3v) is 5.98. The van der Waals surface area contributed by atoms with E-state index in [1.165, 1.54) is 0 Å². The van der Waals surface area contributed by atoms with Crippen molar-refractivity contribution in [1.82, 2.24) is 20.5 Å². The van der Waals surface area contributed by atoms with Crippen LogP contribution in [0.1, 0.15) is 41.9 Å². The number of carbonyl (C=O) groups is 2. The molecule has 0 bridgehead atoms. The normalized spacial score (nSPS) is 15.2. The van der Waals surface area contributed by atoms with E-state index in [-0.39, 0.29) is 18.5 Å². The molecular formula is C21H28N4O3S. The first kappa shape index (κ1) is 21.3. The largest absolute Gasteiger partial charge is 0.378 e. The molecule has 2 heterocycles. The van der Waals surface area contributed by atoms with Gasteiger partial charge in [-0.3, -0.25) is 4.79 Å². The molecule has 3 rings (SSSR count). The highest BCUT2D eigenvalue weighted by Gasteiger charge is 2.27. The lowest BCUT2D eigenvalue weighted by molar-refractivity contribution is -0.136. The molecule has 7 nitrogen and oxygen atoms in total. The molecule has 1 fully saturated rings. The Balaban J connectivity index is 1.57. The first-order chi connectivity index (χ1) is 14.0. The zero-order valence-corrected chi connectivity index (χ0v) is 17.7. The highest BCUT2D eigenvalue weighted by molar-refractivity contribution is 7.09. The van der Waals surface area contributed by atoms with Gasteiger partial charge in [0.2, 0.25) is 5.91 Å². The second-order valence-electron chi connectivity index (χ2n) is 7.30. The lowest BCUT2D eigenvalue weighted by Crippen LogP contribution is -2.46. The van der Waals surface area contributed by atoms with Gasteiger partial charge in [-0.25, -0.2) is 9.78 Å². The van der Waals surface area contributed by atoms with E-state index in [2.05, 4.69) is 29.5 Å². The fourth-order valence-electron chi connectivity index (χ4n) is 3.13. The van der Waals surface area contributed by atoms with Gasteiger partial charge in [0.15, 0.2) is 0 Å². The third kappa shape index (κ3) is 6.01. The van der Waals surface area contributed by atoms with Crippen molar-refractivity contribution in [2.24, 2.45) is 0 Å². The van der Waals surface area contributed by atoms with Crippen molar-refractivity contribution >= 4 is 23.3 Å². The maximum Gasteiger partial charge on any atom is 0.315 e. The number of aromatic nitrogens is 1. The SMILES string of the molecule is CC(C)c1nc(CNC(=O)NCC(C(=O)N2CCOCC2)c2ccccc2)cs1. The summed E-state index contributed by atoms with van der Waals surface area (Å²) in [5, 5.41) is 8.69. The van der Waals surface area contributed by atoms with Crippen LogP contribution in [0.5, 0.6) is 0 Å². The van der Waals surface area contributed by atoms with Crippen molar-refractivity contribution in [2.45, 2.75) is 32.2 Å². The highest BCUT2D eigenvalue weighted by atomic mass is 32.1. The Labute approximate surface area is 175 Å². The number of benzene rings is 1. The van der Waals surface area contributed by atoms with Gasteiger partial charge in [0, 0.05) is 30.9 Å². The van der Waals surface area contributed by atoms with E-state index < -0.39 is 5.92 Å². The summed E-state index contributed by atoms with van der Waals surface area (Å²) in [7, 11) is 0. The molecule has 0 aliphatic carbocycles. The fourth-order valence-corrected chi connectivity index (χ4v) is 3.97. The molecule has 1 unspecified atom stereocenters. The maximum absolute atomic E-state index is 13.0. The van der Waals surface area contributed by atoms with Gasteiger partial charge in [-0.1, -0.05) is 44.2 Å². The highest BCUT2D eigenvalue weighted by Crippen LogP contribution is 2.20. The van der Waals surface area contributed by atoms with Gasteiger partial charge in [0.1, 0.15) is 0 Å². The van der Waals surface area contributed by atoms with E-state index in [4.69, 9.17) is 4.74 Å². The van der Waals surface area contributed by atoms with Gasteiger partial charge >= 0.3 is 6.03 Å². The number of hydrogen-bond acceptors (Lipinski definition) is 5. The molecule has 8 heteroatoms. The first-order valence-corrected chi connectivity index (χ1v) is 10.8. The molecule has 2 aromatic rings.